The van der Waals surface area contributed by atoms with E-state index in [1.807, 2.05) is 0 Å². The number of esters is 1. The van der Waals surface area contributed by atoms with E-state index >= 15 is 0 Å². The molecule has 0 bridgehead atoms. The van der Waals surface area contributed by atoms with E-state index in [1.54, 1.807) is 6.92 Å². The summed E-state index contributed by atoms with van der Waals surface area (Å²) in [5.74, 6) is -3.10. The van der Waals surface area contributed by atoms with Gasteiger partial charge in [0.15, 0.2) is 11.7 Å². The minimum Gasteiger partial charge on any atom is -0.466 e. The van der Waals surface area contributed by atoms with Crippen LogP contribution in [0.4, 0.5) is 13.2 Å². The monoisotopic (exact) mass is 411 g/mol. The van der Waals surface area contributed by atoms with Crippen LogP contribution in [0.1, 0.15) is 12.6 Å². The highest BCUT2D eigenvalue weighted by atomic mass is 35.5. The summed E-state index contributed by atoms with van der Waals surface area (Å²) in [7, 11) is 1.20. The molecule has 148 valence electrons. The molecular formula is C19H17ClF3N3O2. The van der Waals surface area contributed by atoms with Crippen LogP contribution in [0.2, 0.25) is 0 Å². The zero-order valence-electron chi connectivity index (χ0n) is 15.1. The number of ether oxygens (including phenoxy) is 1. The highest BCUT2D eigenvalue weighted by Crippen LogP contribution is 2.25. The van der Waals surface area contributed by atoms with Crippen molar-refractivity contribution in [2.24, 2.45) is 4.99 Å². The Morgan fingerprint density at radius 2 is 2.14 bits per heavy atom. The van der Waals surface area contributed by atoms with E-state index in [0.29, 0.717) is 11.8 Å². The minimum absolute atomic E-state index is 0.0137. The number of halogens is 4. The number of hydrogen-bond donors (Lipinski definition) is 1. The number of nitrogens with one attached hydrogen (secondary N) is 1. The SMILES string of the molecule is C=C(/C=C\C(F)=C/CCl)[C@@H]1N=C(c2ncc(F)cc2F)NC(C)=C1C(=O)OC. The summed E-state index contributed by atoms with van der Waals surface area (Å²) in [6.07, 6.45) is 4.42. The fraction of sp³-hybridized carbons (Fsp3) is 0.211. The van der Waals surface area contributed by atoms with Gasteiger partial charge in [0.25, 0.3) is 0 Å². The lowest BCUT2D eigenvalue weighted by Crippen LogP contribution is -2.37. The second-order valence-corrected chi connectivity index (χ2v) is 5.98. The second kappa shape index (κ2) is 9.36. The Morgan fingerprint density at radius 1 is 1.43 bits per heavy atom. The third-order valence-electron chi connectivity index (χ3n) is 3.76. The number of methoxy groups -OCH3 is 1. The number of carbonyl (C=O) groups is 1. The number of hydrogen-bond acceptors (Lipinski definition) is 5. The Balaban J connectivity index is 2.48. The number of carbonyl (C=O) groups excluding carboxylic acids is 1. The Morgan fingerprint density at radius 3 is 2.75 bits per heavy atom. The molecule has 5 nitrogen and oxygen atoms in total. The summed E-state index contributed by atoms with van der Waals surface area (Å²) in [5.41, 5.74) is 0.433. The summed E-state index contributed by atoms with van der Waals surface area (Å²) >= 11 is 5.44. The zero-order valence-corrected chi connectivity index (χ0v) is 15.9. The zero-order chi connectivity index (χ0) is 20.8. The molecule has 0 radical (unpaired) electrons. The standard InChI is InChI=1S/C19H17ClF3N3O2/c1-10(4-5-12(21)6-7-20)16-15(19(27)28-3)11(2)25-18(26-16)17-14(23)8-13(22)9-24-17/h4-6,8-9,16H,1,7H2,2-3H3,(H,25,26)/b5-4-,12-6+/t16-/m0/s1. The highest BCUT2D eigenvalue weighted by Gasteiger charge is 2.31. The second-order valence-electron chi connectivity index (χ2n) is 5.67. The summed E-state index contributed by atoms with van der Waals surface area (Å²) < 4.78 is 45.6. The lowest BCUT2D eigenvalue weighted by Gasteiger charge is -2.25. The number of rotatable bonds is 6. The molecule has 2 heterocycles. The van der Waals surface area contributed by atoms with E-state index in [2.05, 4.69) is 21.9 Å². The van der Waals surface area contributed by atoms with Crippen LogP contribution in [-0.4, -0.2) is 35.8 Å². The molecule has 0 amide bonds. The maximum atomic E-state index is 14.1. The summed E-state index contributed by atoms with van der Waals surface area (Å²) in [5, 5.41) is 2.76. The fourth-order valence-corrected chi connectivity index (χ4v) is 2.60. The van der Waals surface area contributed by atoms with Crippen LogP contribution in [0.15, 0.2) is 64.7 Å². The third-order valence-corrected chi connectivity index (χ3v) is 3.91. The van der Waals surface area contributed by atoms with Gasteiger partial charge in [-0.1, -0.05) is 12.7 Å². The van der Waals surface area contributed by atoms with E-state index in [9.17, 15) is 18.0 Å². The highest BCUT2D eigenvalue weighted by molar-refractivity contribution is 6.18. The number of allylic oxidation sites excluding steroid dienone is 4. The molecule has 0 saturated heterocycles. The lowest BCUT2D eigenvalue weighted by atomic mass is 9.96. The largest absolute Gasteiger partial charge is 0.466 e. The van der Waals surface area contributed by atoms with Gasteiger partial charge in [-0.3, -0.25) is 4.99 Å². The third kappa shape index (κ3) is 4.89. The van der Waals surface area contributed by atoms with E-state index in [1.165, 1.54) is 13.2 Å². The van der Waals surface area contributed by atoms with Crippen molar-refractivity contribution in [1.82, 2.24) is 10.3 Å². The summed E-state index contributed by atoms with van der Waals surface area (Å²) in [4.78, 5) is 20.2. The van der Waals surface area contributed by atoms with Gasteiger partial charge in [0.2, 0.25) is 0 Å². The molecule has 0 spiro atoms. The van der Waals surface area contributed by atoms with Gasteiger partial charge in [-0.25, -0.2) is 22.9 Å². The average molecular weight is 412 g/mol. The van der Waals surface area contributed by atoms with Gasteiger partial charge in [0.1, 0.15) is 23.4 Å². The molecule has 0 unspecified atom stereocenters. The molecule has 28 heavy (non-hydrogen) atoms. The predicted molar refractivity (Wildman–Crippen MR) is 101 cm³/mol. The van der Waals surface area contributed by atoms with Crippen molar-refractivity contribution in [2.45, 2.75) is 13.0 Å². The molecule has 1 aromatic rings. The first-order chi connectivity index (χ1) is 13.3. The van der Waals surface area contributed by atoms with Gasteiger partial charge in [0.05, 0.1) is 18.9 Å². The molecule has 0 aromatic carbocycles. The van der Waals surface area contributed by atoms with Gasteiger partial charge in [0, 0.05) is 17.6 Å². The maximum absolute atomic E-state index is 14.1. The van der Waals surface area contributed by atoms with Gasteiger partial charge < -0.3 is 10.1 Å². The first kappa shape index (κ1) is 21.4. The minimum atomic E-state index is -0.991. The lowest BCUT2D eigenvalue weighted by molar-refractivity contribution is -0.136. The molecular weight excluding hydrogens is 395 g/mol. The first-order valence-corrected chi connectivity index (χ1v) is 8.55. The number of aromatic nitrogens is 1. The van der Waals surface area contributed by atoms with Crippen LogP contribution in [0, 0.1) is 11.6 Å². The van der Waals surface area contributed by atoms with Crippen LogP contribution >= 0.6 is 11.6 Å². The van der Waals surface area contributed by atoms with Gasteiger partial charge in [-0.2, -0.15) is 0 Å². The molecule has 1 aromatic heterocycles. The van der Waals surface area contributed by atoms with Gasteiger partial charge >= 0.3 is 5.97 Å². The summed E-state index contributed by atoms with van der Waals surface area (Å²) in [6, 6.07) is -0.327. The molecule has 0 fully saturated rings. The van der Waals surface area contributed by atoms with E-state index in [0.717, 1.165) is 18.3 Å². The molecule has 0 aliphatic carbocycles. The molecule has 1 aliphatic heterocycles. The molecule has 1 atom stereocenters. The quantitative estimate of drug-likeness (QED) is 0.440. The van der Waals surface area contributed by atoms with Crippen molar-refractivity contribution in [1.29, 1.82) is 0 Å². The Hall–Kier alpha value is -2.87. The van der Waals surface area contributed by atoms with Gasteiger partial charge in [-0.15, -0.1) is 11.6 Å². The number of amidine groups is 1. The molecule has 9 heteroatoms. The Kier molecular flexibility index (Phi) is 7.17. The predicted octanol–water partition coefficient (Wildman–Crippen LogP) is 3.73. The summed E-state index contributed by atoms with van der Waals surface area (Å²) in [6.45, 7) is 5.37. The first-order valence-electron chi connectivity index (χ1n) is 8.02. The average Bonchev–Trinajstić information content (AvgIpc) is 2.65. The van der Waals surface area contributed by atoms with Crippen LogP contribution in [0.3, 0.4) is 0 Å². The Labute approximate surface area is 165 Å². The van der Waals surface area contributed by atoms with Crippen molar-refractivity contribution < 1.29 is 22.7 Å². The normalized spacial score (nSPS) is 17.4. The van der Waals surface area contributed by atoms with E-state index in [4.69, 9.17) is 16.3 Å². The molecule has 0 saturated carbocycles. The topological polar surface area (TPSA) is 63.6 Å². The van der Waals surface area contributed by atoms with Crippen molar-refractivity contribution in [2.75, 3.05) is 13.0 Å². The Bertz CT molecular complexity index is 923. The van der Waals surface area contributed by atoms with E-state index < -0.39 is 29.5 Å². The van der Waals surface area contributed by atoms with Crippen LogP contribution < -0.4 is 5.32 Å². The van der Waals surface area contributed by atoms with Crippen LogP contribution in [0.25, 0.3) is 0 Å². The van der Waals surface area contributed by atoms with Crippen LogP contribution in [-0.2, 0) is 9.53 Å². The molecule has 1 aliphatic rings. The smallest absolute Gasteiger partial charge is 0.338 e. The van der Waals surface area contributed by atoms with Crippen molar-refractivity contribution in [3.8, 4) is 0 Å². The number of aliphatic imine (C=N–C) groups is 1. The number of nitrogens with zero attached hydrogens (tertiary/aromatic N) is 2. The van der Waals surface area contributed by atoms with Crippen molar-refractivity contribution in [3.05, 3.63) is 77.1 Å². The van der Waals surface area contributed by atoms with E-state index in [-0.39, 0.29) is 28.6 Å². The fourth-order valence-electron chi connectivity index (χ4n) is 2.45. The maximum Gasteiger partial charge on any atom is 0.338 e. The number of alkyl halides is 1. The van der Waals surface area contributed by atoms with Gasteiger partial charge in [-0.05, 0) is 24.6 Å². The number of pyridine rings is 1. The van der Waals surface area contributed by atoms with Crippen LogP contribution in [0.5, 0.6) is 0 Å². The van der Waals surface area contributed by atoms with Crippen molar-refractivity contribution in [3.63, 3.8) is 0 Å². The molecule has 2 rings (SSSR count). The molecule has 1 N–H and O–H groups in total. The van der Waals surface area contributed by atoms with Crippen molar-refractivity contribution >= 4 is 23.4 Å².